The topological polar surface area (TPSA) is 47.9 Å². The van der Waals surface area contributed by atoms with Gasteiger partial charge < -0.3 is 9.47 Å². The zero-order chi connectivity index (χ0) is 7.66. The first kappa shape index (κ1) is 9.30. The number of rotatable bonds is 6. The lowest BCUT2D eigenvalue weighted by Crippen LogP contribution is -2.03. The van der Waals surface area contributed by atoms with Gasteiger partial charge in [0.25, 0.3) is 0 Å². The second-order valence-electron chi connectivity index (χ2n) is 1.48. The number of hydrogen-bond acceptors (Lipinski definition) is 4. The summed E-state index contributed by atoms with van der Waals surface area (Å²) in [4.78, 5) is 12.7. The fourth-order valence-electron chi connectivity index (χ4n) is 0.399. The minimum Gasteiger partial charge on any atom is -0.379 e. The van der Waals surface area contributed by atoms with Gasteiger partial charge in [-0.15, -0.1) is 0 Å². The molecular weight excluding hydrogens is 134 g/mol. The molecule has 0 spiro atoms. The molecule has 0 saturated heterocycles. The number of isocyanates is 1. The van der Waals surface area contributed by atoms with Crippen molar-refractivity contribution in [1.82, 2.24) is 0 Å². The quantitative estimate of drug-likeness (QED) is 0.307. The summed E-state index contributed by atoms with van der Waals surface area (Å²) in [5, 5.41) is 0. The first-order valence-corrected chi connectivity index (χ1v) is 3.11. The van der Waals surface area contributed by atoms with Crippen LogP contribution in [0.1, 0.15) is 6.92 Å². The van der Waals surface area contributed by atoms with Crippen LogP contribution in [0.4, 0.5) is 0 Å². The first-order chi connectivity index (χ1) is 4.91. The van der Waals surface area contributed by atoms with Crippen molar-refractivity contribution in [2.24, 2.45) is 4.99 Å². The summed E-state index contributed by atoms with van der Waals surface area (Å²) in [6.07, 6.45) is 1.37. The Morgan fingerprint density at radius 1 is 1.40 bits per heavy atom. The van der Waals surface area contributed by atoms with Crippen molar-refractivity contribution in [1.29, 1.82) is 0 Å². The average Bonchev–Trinajstić information content (AvgIpc) is 1.97. The molecule has 0 bridgehead atoms. The highest BCUT2D eigenvalue weighted by Gasteiger charge is 1.83. The van der Waals surface area contributed by atoms with Crippen LogP contribution in [0.2, 0.25) is 0 Å². The van der Waals surface area contributed by atoms with Crippen LogP contribution >= 0.6 is 0 Å². The third-order valence-electron chi connectivity index (χ3n) is 0.797. The number of aliphatic imine (C=N–C) groups is 1. The van der Waals surface area contributed by atoms with E-state index in [1.165, 1.54) is 6.08 Å². The monoisotopic (exact) mass is 145 g/mol. The van der Waals surface area contributed by atoms with Crippen LogP contribution in [-0.2, 0) is 14.3 Å². The van der Waals surface area contributed by atoms with Crippen LogP contribution in [0.25, 0.3) is 0 Å². The zero-order valence-electron chi connectivity index (χ0n) is 6.00. The molecule has 10 heavy (non-hydrogen) atoms. The van der Waals surface area contributed by atoms with E-state index in [0.717, 1.165) is 0 Å². The summed E-state index contributed by atoms with van der Waals surface area (Å²) < 4.78 is 9.77. The van der Waals surface area contributed by atoms with Gasteiger partial charge >= 0.3 is 0 Å². The van der Waals surface area contributed by atoms with Crippen LogP contribution in [0, 0.1) is 0 Å². The number of nitrogens with zero attached hydrogens (tertiary/aromatic N) is 1. The molecule has 4 nitrogen and oxygen atoms in total. The maximum atomic E-state index is 9.49. The fraction of sp³-hybridized carbons (Fsp3) is 0.833. The van der Waals surface area contributed by atoms with E-state index in [1.54, 1.807) is 0 Å². The van der Waals surface area contributed by atoms with Crippen molar-refractivity contribution < 1.29 is 14.3 Å². The molecule has 0 aliphatic heterocycles. The zero-order valence-corrected chi connectivity index (χ0v) is 6.00. The van der Waals surface area contributed by atoms with Crippen molar-refractivity contribution in [3.8, 4) is 0 Å². The van der Waals surface area contributed by atoms with Crippen LogP contribution in [0.5, 0.6) is 0 Å². The molecule has 0 aromatic carbocycles. The Morgan fingerprint density at radius 3 is 2.70 bits per heavy atom. The Bertz CT molecular complexity index is 110. The molecule has 0 N–H and O–H groups in total. The van der Waals surface area contributed by atoms with Crippen molar-refractivity contribution in [2.45, 2.75) is 6.92 Å². The van der Waals surface area contributed by atoms with Gasteiger partial charge in [-0.3, -0.25) is 0 Å². The lowest BCUT2D eigenvalue weighted by Gasteiger charge is -1.98. The van der Waals surface area contributed by atoms with E-state index >= 15 is 0 Å². The SMILES string of the molecule is CCOCCOCN=C=O. The van der Waals surface area contributed by atoms with E-state index in [-0.39, 0.29) is 6.73 Å². The molecule has 0 aromatic heterocycles. The number of carbonyl (C=O) groups excluding carboxylic acids is 1. The van der Waals surface area contributed by atoms with Gasteiger partial charge in [0.1, 0.15) is 6.73 Å². The highest BCUT2D eigenvalue weighted by atomic mass is 16.5. The molecule has 4 heteroatoms. The Kier molecular flexibility index (Phi) is 7.72. The molecule has 0 atom stereocenters. The molecule has 0 fully saturated rings. The van der Waals surface area contributed by atoms with Crippen molar-refractivity contribution in [3.05, 3.63) is 0 Å². The maximum absolute atomic E-state index is 9.49. The van der Waals surface area contributed by atoms with Crippen LogP contribution < -0.4 is 0 Å². The highest BCUT2D eigenvalue weighted by Crippen LogP contribution is 1.77. The van der Waals surface area contributed by atoms with E-state index < -0.39 is 0 Å². The van der Waals surface area contributed by atoms with Gasteiger partial charge in [0, 0.05) is 6.61 Å². The first-order valence-electron chi connectivity index (χ1n) is 3.11. The van der Waals surface area contributed by atoms with Gasteiger partial charge in [0.15, 0.2) is 0 Å². The lowest BCUT2D eigenvalue weighted by molar-refractivity contribution is 0.0562. The summed E-state index contributed by atoms with van der Waals surface area (Å²) >= 11 is 0. The molecule has 0 amide bonds. The maximum Gasteiger partial charge on any atom is 0.237 e. The van der Waals surface area contributed by atoms with Crippen LogP contribution in [0.15, 0.2) is 4.99 Å². The van der Waals surface area contributed by atoms with Crippen LogP contribution in [0.3, 0.4) is 0 Å². The Labute approximate surface area is 59.8 Å². The third kappa shape index (κ3) is 7.30. The van der Waals surface area contributed by atoms with E-state index in [0.29, 0.717) is 19.8 Å². The molecule has 0 radical (unpaired) electrons. The summed E-state index contributed by atoms with van der Waals surface area (Å²) in [5.41, 5.74) is 0. The predicted octanol–water partition coefficient (Wildman–Crippen LogP) is 0.333. The van der Waals surface area contributed by atoms with Crippen molar-refractivity contribution >= 4 is 6.08 Å². The molecule has 0 unspecified atom stereocenters. The molecule has 0 aromatic rings. The van der Waals surface area contributed by atoms with Crippen LogP contribution in [-0.4, -0.2) is 32.6 Å². The summed E-state index contributed by atoms with van der Waals surface area (Å²) in [7, 11) is 0. The molecule has 0 aliphatic carbocycles. The minimum absolute atomic E-state index is 0.0799. The van der Waals surface area contributed by atoms with Gasteiger partial charge in [0.2, 0.25) is 6.08 Å². The third-order valence-corrected chi connectivity index (χ3v) is 0.797. The Balaban J connectivity index is 2.83. The van der Waals surface area contributed by atoms with Crippen molar-refractivity contribution in [2.75, 3.05) is 26.6 Å². The van der Waals surface area contributed by atoms with E-state index in [1.807, 2.05) is 6.92 Å². The molecule has 0 heterocycles. The van der Waals surface area contributed by atoms with Gasteiger partial charge in [-0.05, 0) is 6.92 Å². The van der Waals surface area contributed by atoms with Gasteiger partial charge in [-0.2, -0.15) is 4.99 Å². The van der Waals surface area contributed by atoms with Gasteiger partial charge in [0.05, 0.1) is 13.2 Å². The van der Waals surface area contributed by atoms with E-state index in [2.05, 4.69) is 4.99 Å². The predicted molar refractivity (Wildman–Crippen MR) is 35.4 cm³/mol. The van der Waals surface area contributed by atoms with Crippen molar-refractivity contribution in [3.63, 3.8) is 0 Å². The molecule has 0 rings (SSSR count). The normalized spacial score (nSPS) is 8.90. The Hall–Kier alpha value is -0.700. The summed E-state index contributed by atoms with van der Waals surface area (Å²) in [5.74, 6) is 0. The average molecular weight is 145 g/mol. The molecule has 58 valence electrons. The van der Waals surface area contributed by atoms with Gasteiger partial charge in [-0.25, -0.2) is 4.79 Å². The van der Waals surface area contributed by atoms with E-state index in [9.17, 15) is 4.79 Å². The lowest BCUT2D eigenvalue weighted by atomic mass is 10.7. The second kappa shape index (κ2) is 8.30. The summed E-state index contributed by atoms with van der Waals surface area (Å²) in [6, 6.07) is 0. The molecule has 0 aliphatic rings. The second-order valence-corrected chi connectivity index (χ2v) is 1.48. The fourth-order valence-corrected chi connectivity index (χ4v) is 0.399. The molecular formula is C6H11NO3. The number of ether oxygens (including phenoxy) is 2. The minimum atomic E-state index is 0.0799. The van der Waals surface area contributed by atoms with Gasteiger partial charge in [-0.1, -0.05) is 0 Å². The molecule has 0 saturated carbocycles. The highest BCUT2D eigenvalue weighted by molar-refractivity contribution is 5.32. The van der Waals surface area contributed by atoms with E-state index in [4.69, 9.17) is 9.47 Å². The smallest absolute Gasteiger partial charge is 0.237 e. The standard InChI is InChI=1S/C6H11NO3/c1-2-9-3-4-10-6-7-5-8/h2-4,6H2,1H3. The number of hydrogen-bond donors (Lipinski definition) is 0. The largest absolute Gasteiger partial charge is 0.379 e. The Morgan fingerprint density at radius 2 is 2.10 bits per heavy atom. The summed E-state index contributed by atoms with van der Waals surface area (Å²) in [6.45, 7) is 3.68.